The average molecular weight is 456 g/mol. The second kappa shape index (κ2) is 8.82. The number of aryl methyl sites for hydroxylation is 2. The predicted octanol–water partition coefficient (Wildman–Crippen LogP) is 2.67. The van der Waals surface area contributed by atoms with E-state index in [0.29, 0.717) is 18.5 Å². The SMILES string of the molecule is CCn1ncc(-c2nc3c(SC4CCN(C(=O)C5CCOCC5)C4)ncnc3n2C)c1C. The highest BCUT2D eigenvalue weighted by Gasteiger charge is 2.33. The molecule has 2 aliphatic heterocycles. The van der Waals surface area contributed by atoms with Gasteiger partial charge in [0.25, 0.3) is 0 Å². The first kappa shape index (κ1) is 21.4. The molecular formula is C22H29N7O2S. The highest BCUT2D eigenvalue weighted by Crippen LogP contribution is 2.35. The van der Waals surface area contributed by atoms with Crippen molar-refractivity contribution < 1.29 is 9.53 Å². The minimum atomic E-state index is 0.115. The number of fused-ring (bicyclic) bond motifs is 1. The maximum absolute atomic E-state index is 12.9. The fourth-order valence-corrected chi connectivity index (χ4v) is 5.83. The van der Waals surface area contributed by atoms with Gasteiger partial charge in [-0.1, -0.05) is 11.8 Å². The molecule has 0 aromatic carbocycles. The molecule has 170 valence electrons. The monoisotopic (exact) mass is 455 g/mol. The summed E-state index contributed by atoms with van der Waals surface area (Å²) in [5.41, 5.74) is 3.73. The summed E-state index contributed by atoms with van der Waals surface area (Å²) in [6.45, 7) is 7.92. The van der Waals surface area contributed by atoms with Gasteiger partial charge >= 0.3 is 0 Å². The molecule has 32 heavy (non-hydrogen) atoms. The summed E-state index contributed by atoms with van der Waals surface area (Å²) in [4.78, 5) is 28.9. The first-order valence-corrected chi connectivity index (χ1v) is 12.2. The first-order valence-electron chi connectivity index (χ1n) is 11.3. The van der Waals surface area contributed by atoms with Crippen molar-refractivity contribution in [2.45, 2.75) is 49.9 Å². The topological polar surface area (TPSA) is 91.0 Å². The van der Waals surface area contributed by atoms with Gasteiger partial charge in [0.15, 0.2) is 5.65 Å². The minimum absolute atomic E-state index is 0.115. The molecule has 0 radical (unpaired) electrons. The van der Waals surface area contributed by atoms with Crippen LogP contribution in [-0.4, -0.2) is 71.7 Å². The smallest absolute Gasteiger partial charge is 0.225 e. The molecule has 9 nitrogen and oxygen atoms in total. The molecule has 0 aliphatic carbocycles. The van der Waals surface area contributed by atoms with Crippen LogP contribution in [0.1, 0.15) is 31.9 Å². The van der Waals surface area contributed by atoms with Crippen molar-refractivity contribution in [2.24, 2.45) is 13.0 Å². The van der Waals surface area contributed by atoms with Gasteiger partial charge in [-0.05, 0) is 33.1 Å². The second-order valence-electron chi connectivity index (χ2n) is 8.50. The van der Waals surface area contributed by atoms with Crippen LogP contribution < -0.4 is 0 Å². The number of carbonyl (C=O) groups excluding carboxylic acids is 1. The van der Waals surface area contributed by atoms with Crippen LogP contribution in [0.2, 0.25) is 0 Å². The van der Waals surface area contributed by atoms with Crippen molar-refractivity contribution >= 4 is 28.8 Å². The number of aromatic nitrogens is 6. The normalized spacial score (nSPS) is 19.8. The summed E-state index contributed by atoms with van der Waals surface area (Å²) in [7, 11) is 1.98. The summed E-state index contributed by atoms with van der Waals surface area (Å²) < 4.78 is 9.39. The zero-order valence-corrected chi connectivity index (χ0v) is 19.6. The van der Waals surface area contributed by atoms with Gasteiger partial charge in [-0.2, -0.15) is 5.10 Å². The van der Waals surface area contributed by atoms with Crippen LogP contribution in [0.4, 0.5) is 0 Å². The van der Waals surface area contributed by atoms with Gasteiger partial charge in [-0.15, -0.1) is 0 Å². The molecule has 3 aromatic heterocycles. The number of hydrogen-bond donors (Lipinski definition) is 0. The maximum Gasteiger partial charge on any atom is 0.225 e. The van der Waals surface area contributed by atoms with Crippen molar-refractivity contribution in [1.29, 1.82) is 0 Å². The Kier molecular flexibility index (Phi) is 5.90. The summed E-state index contributed by atoms with van der Waals surface area (Å²) in [6.07, 6.45) is 6.12. The van der Waals surface area contributed by atoms with Gasteiger partial charge in [0.05, 0.1) is 11.8 Å². The Morgan fingerprint density at radius 2 is 2.06 bits per heavy atom. The number of carbonyl (C=O) groups is 1. The van der Waals surface area contributed by atoms with Crippen LogP contribution in [0.5, 0.6) is 0 Å². The Labute approximate surface area is 191 Å². The number of thioether (sulfide) groups is 1. The molecular weight excluding hydrogens is 426 g/mol. The number of ether oxygens (including phenoxy) is 1. The van der Waals surface area contributed by atoms with E-state index in [2.05, 4.69) is 28.9 Å². The van der Waals surface area contributed by atoms with E-state index in [-0.39, 0.29) is 11.8 Å². The van der Waals surface area contributed by atoms with Crippen molar-refractivity contribution in [1.82, 2.24) is 34.2 Å². The van der Waals surface area contributed by atoms with E-state index >= 15 is 0 Å². The molecule has 3 aromatic rings. The molecule has 0 saturated carbocycles. The van der Waals surface area contributed by atoms with E-state index in [9.17, 15) is 4.79 Å². The molecule has 5 rings (SSSR count). The zero-order chi connectivity index (χ0) is 22.2. The fourth-order valence-electron chi connectivity index (χ4n) is 4.68. The minimum Gasteiger partial charge on any atom is -0.381 e. The van der Waals surface area contributed by atoms with Crippen LogP contribution in [0.3, 0.4) is 0 Å². The Bertz CT molecular complexity index is 1130. The number of likely N-dealkylation sites (tertiary alicyclic amines) is 1. The molecule has 0 N–H and O–H groups in total. The number of amides is 1. The zero-order valence-electron chi connectivity index (χ0n) is 18.8. The highest BCUT2D eigenvalue weighted by molar-refractivity contribution is 8.00. The third-order valence-electron chi connectivity index (χ3n) is 6.57. The fraction of sp³-hybridized carbons (Fsp3) is 0.591. The lowest BCUT2D eigenvalue weighted by molar-refractivity contribution is -0.137. The third-order valence-corrected chi connectivity index (χ3v) is 7.81. The molecule has 1 unspecified atom stereocenters. The molecule has 2 fully saturated rings. The molecule has 1 atom stereocenters. The second-order valence-corrected chi connectivity index (χ2v) is 9.79. The summed E-state index contributed by atoms with van der Waals surface area (Å²) in [6, 6.07) is 0. The summed E-state index contributed by atoms with van der Waals surface area (Å²) in [5.74, 6) is 1.25. The van der Waals surface area contributed by atoms with E-state index in [1.165, 1.54) is 0 Å². The quantitative estimate of drug-likeness (QED) is 0.546. The molecule has 2 saturated heterocycles. The maximum atomic E-state index is 12.9. The molecule has 5 heterocycles. The summed E-state index contributed by atoms with van der Waals surface area (Å²) >= 11 is 1.71. The Morgan fingerprint density at radius 1 is 1.25 bits per heavy atom. The van der Waals surface area contributed by atoms with Gasteiger partial charge in [-0.3, -0.25) is 9.48 Å². The standard InChI is InChI=1S/C22H29N7O2S/c1-4-29-14(2)17(11-25-29)19-26-18-20(27(19)3)23-13-24-21(18)32-16-5-8-28(12-16)22(30)15-6-9-31-10-7-15/h11,13,15-16H,4-10,12H2,1-3H3. The Balaban J connectivity index is 1.36. The van der Waals surface area contributed by atoms with Crippen LogP contribution in [0.15, 0.2) is 17.6 Å². The largest absolute Gasteiger partial charge is 0.381 e. The van der Waals surface area contributed by atoms with Gasteiger partial charge in [0, 0.05) is 56.8 Å². The first-order chi connectivity index (χ1) is 15.6. The predicted molar refractivity (Wildman–Crippen MR) is 122 cm³/mol. The lowest BCUT2D eigenvalue weighted by atomic mass is 9.99. The lowest BCUT2D eigenvalue weighted by Gasteiger charge is -2.26. The number of rotatable bonds is 5. The van der Waals surface area contributed by atoms with Crippen LogP contribution in [0.25, 0.3) is 22.6 Å². The molecule has 2 aliphatic rings. The van der Waals surface area contributed by atoms with E-state index in [4.69, 9.17) is 9.72 Å². The van der Waals surface area contributed by atoms with Crippen molar-refractivity contribution in [3.8, 4) is 11.4 Å². The van der Waals surface area contributed by atoms with Crippen LogP contribution in [0, 0.1) is 12.8 Å². The Morgan fingerprint density at radius 3 is 2.81 bits per heavy atom. The molecule has 0 spiro atoms. The molecule has 1 amide bonds. The number of nitrogens with zero attached hydrogens (tertiary/aromatic N) is 7. The van der Waals surface area contributed by atoms with E-state index in [1.54, 1.807) is 18.1 Å². The molecule has 10 heteroatoms. The third kappa shape index (κ3) is 3.79. The van der Waals surface area contributed by atoms with Crippen molar-refractivity contribution in [3.05, 3.63) is 18.2 Å². The highest BCUT2D eigenvalue weighted by atomic mass is 32.2. The van der Waals surface area contributed by atoms with E-state index in [0.717, 1.165) is 72.2 Å². The van der Waals surface area contributed by atoms with Crippen molar-refractivity contribution in [3.63, 3.8) is 0 Å². The van der Waals surface area contributed by atoms with Crippen molar-refractivity contribution in [2.75, 3.05) is 26.3 Å². The summed E-state index contributed by atoms with van der Waals surface area (Å²) in [5, 5.41) is 5.66. The van der Waals surface area contributed by atoms with Crippen LogP contribution >= 0.6 is 11.8 Å². The average Bonchev–Trinajstić information content (AvgIpc) is 3.52. The van der Waals surface area contributed by atoms with Gasteiger partial charge in [-0.25, -0.2) is 15.0 Å². The van der Waals surface area contributed by atoms with Gasteiger partial charge in [0.2, 0.25) is 5.91 Å². The van der Waals surface area contributed by atoms with E-state index in [1.807, 2.05) is 27.4 Å². The number of imidazole rings is 1. The van der Waals surface area contributed by atoms with Crippen LogP contribution in [-0.2, 0) is 23.1 Å². The Hall–Kier alpha value is -2.46. The van der Waals surface area contributed by atoms with Gasteiger partial charge in [0.1, 0.15) is 22.7 Å². The van der Waals surface area contributed by atoms with Gasteiger partial charge < -0.3 is 14.2 Å². The molecule has 0 bridgehead atoms. The lowest BCUT2D eigenvalue weighted by Crippen LogP contribution is -2.37. The number of hydrogen-bond acceptors (Lipinski definition) is 7. The van der Waals surface area contributed by atoms with E-state index < -0.39 is 0 Å².